The Morgan fingerprint density at radius 2 is 1.85 bits per heavy atom. The van der Waals surface area contributed by atoms with E-state index in [4.69, 9.17) is 4.74 Å². The van der Waals surface area contributed by atoms with Crippen LogP contribution in [0.15, 0.2) is 61.3 Å². The van der Waals surface area contributed by atoms with E-state index in [0.29, 0.717) is 50.4 Å². The quantitative estimate of drug-likeness (QED) is 0.457. The van der Waals surface area contributed by atoms with Crippen LogP contribution < -0.4 is 10.2 Å². The largest absolute Gasteiger partial charge is 0.381 e. The predicted molar refractivity (Wildman–Crippen MR) is 154 cm³/mol. The number of amides is 3. The van der Waals surface area contributed by atoms with Gasteiger partial charge in [0.15, 0.2) is 0 Å². The van der Waals surface area contributed by atoms with Crippen molar-refractivity contribution in [2.24, 2.45) is 5.92 Å². The molecule has 2 aromatic heterocycles. The predicted octanol–water partition coefficient (Wildman–Crippen LogP) is 3.63. The Hall–Kier alpha value is -4.05. The van der Waals surface area contributed by atoms with Gasteiger partial charge >= 0.3 is 0 Å². The van der Waals surface area contributed by atoms with Crippen LogP contribution in [0.2, 0.25) is 0 Å². The number of imidazole rings is 1. The highest BCUT2D eigenvalue weighted by molar-refractivity contribution is 6.09. The number of H-pyrrole nitrogens is 1. The number of hydrogen-bond acceptors (Lipinski definition) is 6. The molecule has 5 rings (SSSR count). The lowest BCUT2D eigenvalue weighted by atomic mass is 9.87. The number of nitrogens with one attached hydrogen (secondary N) is 2. The first-order chi connectivity index (χ1) is 19.7. The van der Waals surface area contributed by atoms with Crippen LogP contribution in [0.1, 0.15) is 67.7 Å². The van der Waals surface area contributed by atoms with Gasteiger partial charge in [0.25, 0.3) is 5.91 Å². The molecule has 2 unspecified atom stereocenters. The molecular weight excluding hydrogens is 520 g/mol. The summed E-state index contributed by atoms with van der Waals surface area (Å²) in [4.78, 5) is 55.5. The molecule has 0 saturated carbocycles. The third kappa shape index (κ3) is 6.48. The highest BCUT2D eigenvalue weighted by Crippen LogP contribution is 2.32. The fourth-order valence-corrected chi connectivity index (χ4v) is 5.47. The zero-order valence-electron chi connectivity index (χ0n) is 23.9. The Morgan fingerprint density at radius 1 is 1.10 bits per heavy atom. The van der Waals surface area contributed by atoms with E-state index in [1.807, 2.05) is 29.2 Å². The van der Waals surface area contributed by atoms with E-state index in [2.05, 4.69) is 41.0 Å². The van der Waals surface area contributed by atoms with Gasteiger partial charge in [0, 0.05) is 55.6 Å². The first kappa shape index (κ1) is 28.5. The third-order valence-electron chi connectivity index (χ3n) is 7.89. The number of benzene rings is 1. The monoisotopic (exact) mass is 558 g/mol. The minimum Gasteiger partial charge on any atom is -0.381 e. The Labute approximate surface area is 240 Å². The van der Waals surface area contributed by atoms with Gasteiger partial charge in [-0.1, -0.05) is 39.0 Å². The molecule has 10 nitrogen and oxygen atoms in total. The number of aromatic amines is 1. The second-order valence-corrected chi connectivity index (χ2v) is 11.8. The lowest BCUT2D eigenvalue weighted by Crippen LogP contribution is -2.51. The molecule has 0 bridgehead atoms. The fraction of sp³-hybridized carbons (Fsp3) is 0.452. The number of piperidine rings is 1. The minimum absolute atomic E-state index is 0.0672. The highest BCUT2D eigenvalue weighted by Gasteiger charge is 2.37. The number of carbonyl (C=O) groups excluding carboxylic acids is 3. The number of hydrogen-bond donors (Lipinski definition) is 2. The zero-order chi connectivity index (χ0) is 29.0. The summed E-state index contributed by atoms with van der Waals surface area (Å²) in [6.45, 7) is 8.64. The number of ether oxygens (including phenoxy) is 1. The molecule has 0 spiro atoms. The summed E-state index contributed by atoms with van der Waals surface area (Å²) in [7, 11) is 0. The van der Waals surface area contributed by atoms with Gasteiger partial charge in [-0.3, -0.25) is 24.3 Å². The van der Waals surface area contributed by atoms with Crippen molar-refractivity contribution in [3.05, 3.63) is 78.1 Å². The van der Waals surface area contributed by atoms with Crippen molar-refractivity contribution in [2.75, 3.05) is 31.2 Å². The minimum atomic E-state index is -0.983. The van der Waals surface area contributed by atoms with E-state index in [1.54, 1.807) is 24.5 Å². The van der Waals surface area contributed by atoms with Crippen LogP contribution in [0.3, 0.4) is 0 Å². The van der Waals surface area contributed by atoms with Gasteiger partial charge < -0.3 is 19.9 Å². The van der Waals surface area contributed by atoms with Crippen LogP contribution in [-0.4, -0.2) is 69.9 Å². The average molecular weight is 559 g/mol. The van der Waals surface area contributed by atoms with Crippen molar-refractivity contribution >= 4 is 23.4 Å². The van der Waals surface area contributed by atoms with Crippen LogP contribution in [0, 0.1) is 5.92 Å². The Balaban J connectivity index is 1.41. The van der Waals surface area contributed by atoms with E-state index < -0.39 is 11.9 Å². The summed E-state index contributed by atoms with van der Waals surface area (Å²) in [6.07, 6.45) is 8.26. The molecule has 2 fully saturated rings. The molecule has 2 atom stereocenters. The van der Waals surface area contributed by atoms with Crippen molar-refractivity contribution in [1.29, 1.82) is 0 Å². The molecule has 216 valence electrons. The van der Waals surface area contributed by atoms with Crippen molar-refractivity contribution in [3.8, 4) is 0 Å². The summed E-state index contributed by atoms with van der Waals surface area (Å²) in [6, 6.07) is 10.2. The molecule has 41 heavy (non-hydrogen) atoms. The molecule has 2 saturated heterocycles. The number of pyridine rings is 1. The summed E-state index contributed by atoms with van der Waals surface area (Å²) in [5.41, 5.74) is 2.41. The molecule has 10 heteroatoms. The SMILES string of the molecule is CC(C)(C)c1ccc(N(C(=O)c2c[nH]cn2)C(C(=O)NC2CCN(C(=O)C3CCOC3)CC2)c2cccnc2)cc1. The first-order valence-corrected chi connectivity index (χ1v) is 14.2. The second-order valence-electron chi connectivity index (χ2n) is 11.8. The van der Waals surface area contributed by atoms with E-state index in [1.165, 1.54) is 17.4 Å². The average Bonchev–Trinajstić information content (AvgIpc) is 3.71. The smallest absolute Gasteiger partial charge is 0.279 e. The molecule has 1 aromatic carbocycles. The maximum Gasteiger partial charge on any atom is 0.279 e. The molecule has 3 aromatic rings. The first-order valence-electron chi connectivity index (χ1n) is 14.2. The molecule has 2 N–H and O–H groups in total. The fourth-order valence-electron chi connectivity index (χ4n) is 5.47. The van der Waals surface area contributed by atoms with Gasteiger partial charge in [-0.25, -0.2) is 4.98 Å². The van der Waals surface area contributed by atoms with E-state index in [-0.39, 0.29) is 34.9 Å². The van der Waals surface area contributed by atoms with E-state index in [9.17, 15) is 14.4 Å². The van der Waals surface area contributed by atoms with Crippen LogP contribution >= 0.6 is 0 Å². The number of likely N-dealkylation sites (tertiary alicyclic amines) is 1. The van der Waals surface area contributed by atoms with Crippen LogP contribution in [0.5, 0.6) is 0 Å². The summed E-state index contributed by atoms with van der Waals surface area (Å²) in [5, 5.41) is 3.18. The van der Waals surface area contributed by atoms with Gasteiger partial charge in [0.2, 0.25) is 11.8 Å². The lowest BCUT2D eigenvalue weighted by molar-refractivity contribution is -0.136. The highest BCUT2D eigenvalue weighted by atomic mass is 16.5. The summed E-state index contributed by atoms with van der Waals surface area (Å²) >= 11 is 0. The van der Waals surface area contributed by atoms with Crippen LogP contribution in [0.4, 0.5) is 5.69 Å². The Bertz CT molecular complexity index is 1320. The second kappa shape index (κ2) is 12.2. The topological polar surface area (TPSA) is 121 Å². The number of nitrogens with zero attached hydrogens (tertiary/aromatic N) is 4. The van der Waals surface area contributed by atoms with Gasteiger partial charge in [-0.05, 0) is 48.4 Å². The number of aromatic nitrogens is 3. The molecule has 4 heterocycles. The van der Waals surface area contributed by atoms with Gasteiger partial charge in [0.1, 0.15) is 11.7 Å². The van der Waals surface area contributed by atoms with Crippen molar-refractivity contribution in [3.63, 3.8) is 0 Å². The zero-order valence-corrected chi connectivity index (χ0v) is 23.9. The maximum absolute atomic E-state index is 14.1. The summed E-state index contributed by atoms with van der Waals surface area (Å²) < 4.78 is 5.39. The molecular formula is C31H38N6O4. The number of anilines is 1. The lowest BCUT2D eigenvalue weighted by Gasteiger charge is -2.36. The van der Waals surface area contributed by atoms with Crippen molar-refractivity contribution < 1.29 is 19.1 Å². The third-order valence-corrected chi connectivity index (χ3v) is 7.89. The van der Waals surface area contributed by atoms with Gasteiger partial charge in [-0.2, -0.15) is 0 Å². The summed E-state index contributed by atoms with van der Waals surface area (Å²) in [5.74, 6) is -0.647. The van der Waals surface area contributed by atoms with Crippen LogP contribution in [-0.2, 0) is 19.7 Å². The van der Waals surface area contributed by atoms with Crippen LogP contribution in [0.25, 0.3) is 0 Å². The van der Waals surface area contributed by atoms with Crippen molar-refractivity contribution in [1.82, 2.24) is 25.2 Å². The Morgan fingerprint density at radius 3 is 2.44 bits per heavy atom. The standard InChI is InChI=1S/C31H38N6O4/c1-31(2,3)23-6-8-25(9-7-23)37(30(40)26-18-33-20-34-26)27(21-5-4-13-32-17-21)28(38)35-24-10-14-36(15-11-24)29(39)22-12-16-41-19-22/h4-9,13,17-18,20,22,24,27H,10-12,14-16,19H2,1-3H3,(H,33,34)(H,35,38). The molecule has 3 amide bonds. The van der Waals surface area contributed by atoms with Gasteiger partial charge in [-0.15, -0.1) is 0 Å². The van der Waals surface area contributed by atoms with Crippen molar-refractivity contribution in [2.45, 2.75) is 57.5 Å². The molecule has 0 aliphatic carbocycles. The number of carbonyl (C=O) groups is 3. The molecule has 0 radical (unpaired) electrons. The van der Waals surface area contributed by atoms with Gasteiger partial charge in [0.05, 0.1) is 18.9 Å². The number of rotatable bonds is 7. The Kier molecular flexibility index (Phi) is 8.49. The van der Waals surface area contributed by atoms with E-state index in [0.717, 1.165) is 12.0 Å². The maximum atomic E-state index is 14.1. The normalized spacial score (nSPS) is 18.6. The molecule has 2 aliphatic heterocycles. The molecule has 2 aliphatic rings. The van der Waals surface area contributed by atoms with E-state index >= 15 is 0 Å².